The third-order valence-electron chi connectivity index (χ3n) is 3.13. The van der Waals surface area contributed by atoms with Crippen LogP contribution in [0.25, 0.3) is 0 Å². The lowest BCUT2D eigenvalue weighted by molar-refractivity contribution is 0.580. The van der Waals surface area contributed by atoms with Crippen LogP contribution in [0.15, 0.2) is 48.5 Å². The van der Waals surface area contributed by atoms with E-state index in [4.69, 9.17) is 0 Å². The highest BCUT2D eigenvalue weighted by molar-refractivity contribution is 5.32. The highest BCUT2D eigenvalue weighted by Gasteiger charge is 2.13. The van der Waals surface area contributed by atoms with E-state index in [0.717, 1.165) is 24.2 Å². The molecule has 0 aliphatic carbocycles. The van der Waals surface area contributed by atoms with Crippen molar-refractivity contribution in [1.29, 1.82) is 0 Å². The minimum atomic E-state index is -0.262. The summed E-state index contributed by atoms with van der Waals surface area (Å²) in [5.74, 6) is -0.524. The van der Waals surface area contributed by atoms with Crippen LogP contribution >= 0.6 is 0 Å². The molecular weight excluding hydrogens is 258 g/mol. The van der Waals surface area contributed by atoms with Gasteiger partial charge in [0.15, 0.2) is 0 Å². The molecule has 0 aromatic heterocycles. The van der Waals surface area contributed by atoms with Crippen LogP contribution in [-0.2, 0) is 0 Å². The predicted octanol–water partition coefficient (Wildman–Crippen LogP) is 2.86. The van der Waals surface area contributed by atoms with Crippen molar-refractivity contribution < 1.29 is 8.78 Å². The fourth-order valence-corrected chi connectivity index (χ4v) is 2.08. The van der Waals surface area contributed by atoms with Gasteiger partial charge < -0.3 is 10.6 Å². The quantitative estimate of drug-likeness (QED) is 0.793. The first-order valence-corrected chi connectivity index (χ1v) is 6.59. The Labute approximate surface area is 117 Å². The Morgan fingerprint density at radius 2 is 1.25 bits per heavy atom. The highest BCUT2D eigenvalue weighted by Crippen LogP contribution is 2.22. The largest absolute Gasteiger partial charge is 0.318 e. The van der Waals surface area contributed by atoms with Gasteiger partial charge in [0.1, 0.15) is 11.6 Å². The molecule has 2 rings (SSSR count). The molecule has 2 nitrogen and oxygen atoms in total. The molecule has 2 aromatic carbocycles. The van der Waals surface area contributed by atoms with E-state index >= 15 is 0 Å². The van der Waals surface area contributed by atoms with Crippen LogP contribution < -0.4 is 10.6 Å². The molecule has 0 amide bonds. The smallest absolute Gasteiger partial charge is 0.123 e. The average Bonchev–Trinajstić information content (AvgIpc) is 2.46. The zero-order chi connectivity index (χ0) is 14.4. The molecule has 0 saturated carbocycles. The van der Waals surface area contributed by atoms with Gasteiger partial charge in [0.25, 0.3) is 0 Å². The molecule has 0 spiro atoms. The monoisotopic (exact) mass is 276 g/mol. The Hall–Kier alpha value is -1.78. The Balaban J connectivity index is 2.23. The maximum atomic E-state index is 13.0. The van der Waals surface area contributed by atoms with Gasteiger partial charge >= 0.3 is 0 Å². The van der Waals surface area contributed by atoms with Crippen molar-refractivity contribution in [2.24, 2.45) is 0 Å². The van der Waals surface area contributed by atoms with E-state index < -0.39 is 0 Å². The van der Waals surface area contributed by atoms with E-state index in [1.807, 2.05) is 7.05 Å². The predicted molar refractivity (Wildman–Crippen MR) is 76.6 cm³/mol. The topological polar surface area (TPSA) is 24.1 Å². The second-order valence-electron chi connectivity index (χ2n) is 4.59. The molecule has 0 bridgehead atoms. The number of hydrogen-bond acceptors (Lipinski definition) is 2. The molecule has 106 valence electrons. The minimum Gasteiger partial charge on any atom is -0.318 e. The van der Waals surface area contributed by atoms with Gasteiger partial charge in [-0.25, -0.2) is 8.78 Å². The standard InChI is InChI=1S/C16H18F2N2/c1-19-10-11-20-16(12-2-6-14(17)7-3-12)13-4-8-15(18)9-5-13/h2-9,16,19-20H,10-11H2,1H3. The number of likely N-dealkylation sites (N-methyl/N-ethyl adjacent to an activating group) is 1. The summed E-state index contributed by atoms with van der Waals surface area (Å²) in [4.78, 5) is 0. The SMILES string of the molecule is CNCCNC(c1ccc(F)cc1)c1ccc(F)cc1. The molecule has 0 radical (unpaired) electrons. The fraction of sp³-hybridized carbons (Fsp3) is 0.250. The van der Waals surface area contributed by atoms with Crippen molar-refractivity contribution in [3.8, 4) is 0 Å². The molecule has 20 heavy (non-hydrogen) atoms. The van der Waals surface area contributed by atoms with E-state index in [-0.39, 0.29) is 17.7 Å². The second-order valence-corrected chi connectivity index (χ2v) is 4.59. The molecule has 0 heterocycles. The third kappa shape index (κ3) is 3.85. The van der Waals surface area contributed by atoms with Crippen LogP contribution in [0.5, 0.6) is 0 Å². The summed E-state index contributed by atoms with van der Waals surface area (Å²) in [6.07, 6.45) is 0. The first-order chi connectivity index (χ1) is 9.70. The van der Waals surface area contributed by atoms with Gasteiger partial charge in [-0.1, -0.05) is 24.3 Å². The molecule has 0 unspecified atom stereocenters. The van der Waals surface area contributed by atoms with E-state index in [1.165, 1.54) is 24.3 Å². The summed E-state index contributed by atoms with van der Waals surface area (Å²) < 4.78 is 26.1. The second kappa shape index (κ2) is 7.12. The molecule has 0 atom stereocenters. The lowest BCUT2D eigenvalue weighted by Gasteiger charge is -2.20. The van der Waals surface area contributed by atoms with Crippen molar-refractivity contribution in [1.82, 2.24) is 10.6 Å². The summed E-state index contributed by atoms with van der Waals surface area (Å²) in [7, 11) is 1.88. The Bertz CT molecular complexity index is 478. The maximum absolute atomic E-state index is 13.0. The number of benzene rings is 2. The summed E-state index contributed by atoms with van der Waals surface area (Å²) in [5.41, 5.74) is 1.91. The van der Waals surface area contributed by atoms with Gasteiger partial charge in [0.2, 0.25) is 0 Å². The molecule has 2 N–H and O–H groups in total. The first-order valence-electron chi connectivity index (χ1n) is 6.59. The maximum Gasteiger partial charge on any atom is 0.123 e. The molecular formula is C16H18F2N2. The van der Waals surface area contributed by atoms with Crippen molar-refractivity contribution in [3.05, 3.63) is 71.3 Å². The zero-order valence-electron chi connectivity index (χ0n) is 11.4. The molecule has 4 heteroatoms. The molecule has 0 aliphatic rings. The van der Waals surface area contributed by atoms with Gasteiger partial charge in [-0.2, -0.15) is 0 Å². The Morgan fingerprint density at radius 3 is 1.65 bits per heavy atom. The van der Waals surface area contributed by atoms with E-state index in [2.05, 4.69) is 10.6 Å². The normalized spacial score (nSPS) is 11.0. The van der Waals surface area contributed by atoms with Gasteiger partial charge in [0.05, 0.1) is 6.04 Å². The summed E-state index contributed by atoms with van der Waals surface area (Å²) in [5, 5.41) is 6.45. The van der Waals surface area contributed by atoms with Gasteiger partial charge in [-0.05, 0) is 42.4 Å². The van der Waals surface area contributed by atoms with E-state index in [9.17, 15) is 8.78 Å². The Kier molecular flexibility index (Phi) is 5.21. The molecule has 2 aromatic rings. The third-order valence-corrected chi connectivity index (χ3v) is 3.13. The van der Waals surface area contributed by atoms with Gasteiger partial charge in [-0.15, -0.1) is 0 Å². The van der Waals surface area contributed by atoms with Crippen LogP contribution in [0.2, 0.25) is 0 Å². The molecule has 0 fully saturated rings. The van der Waals surface area contributed by atoms with Crippen molar-refractivity contribution in [2.75, 3.05) is 20.1 Å². The van der Waals surface area contributed by atoms with Crippen LogP contribution in [0.4, 0.5) is 8.78 Å². The fourth-order valence-electron chi connectivity index (χ4n) is 2.08. The van der Waals surface area contributed by atoms with Crippen molar-refractivity contribution >= 4 is 0 Å². The Morgan fingerprint density at radius 1 is 0.800 bits per heavy atom. The minimum absolute atomic E-state index is 0.0791. The van der Waals surface area contributed by atoms with E-state index in [1.54, 1.807) is 24.3 Å². The average molecular weight is 276 g/mol. The number of halogens is 2. The van der Waals surface area contributed by atoms with Crippen molar-refractivity contribution in [2.45, 2.75) is 6.04 Å². The highest BCUT2D eigenvalue weighted by atomic mass is 19.1. The van der Waals surface area contributed by atoms with E-state index in [0.29, 0.717) is 0 Å². The van der Waals surface area contributed by atoms with Crippen LogP contribution in [0.1, 0.15) is 17.2 Å². The van der Waals surface area contributed by atoms with Gasteiger partial charge in [0, 0.05) is 13.1 Å². The number of hydrogen-bond donors (Lipinski definition) is 2. The lowest BCUT2D eigenvalue weighted by atomic mass is 9.98. The molecule has 0 saturated heterocycles. The van der Waals surface area contributed by atoms with Crippen molar-refractivity contribution in [3.63, 3.8) is 0 Å². The first kappa shape index (κ1) is 14.6. The summed E-state index contributed by atoms with van der Waals surface area (Å²) in [6.45, 7) is 1.58. The lowest BCUT2D eigenvalue weighted by Crippen LogP contribution is -2.29. The summed E-state index contributed by atoms with van der Waals surface area (Å²) in [6, 6.07) is 12.6. The zero-order valence-corrected chi connectivity index (χ0v) is 11.4. The summed E-state index contributed by atoms with van der Waals surface area (Å²) >= 11 is 0. The van der Waals surface area contributed by atoms with Gasteiger partial charge in [-0.3, -0.25) is 0 Å². The number of nitrogens with one attached hydrogen (secondary N) is 2. The van der Waals surface area contributed by atoms with Crippen LogP contribution in [0, 0.1) is 11.6 Å². The molecule has 0 aliphatic heterocycles. The number of rotatable bonds is 6. The van der Waals surface area contributed by atoms with Crippen LogP contribution in [0.3, 0.4) is 0 Å². The van der Waals surface area contributed by atoms with Crippen LogP contribution in [-0.4, -0.2) is 20.1 Å².